The second-order valence-corrected chi connectivity index (χ2v) is 6.42. The monoisotopic (exact) mass is 356 g/mol. The zero-order valence-corrected chi connectivity index (χ0v) is 14.6. The number of carbonyl (C=O) groups excluding carboxylic acids is 3. The fourth-order valence-electron chi connectivity index (χ4n) is 2.85. The summed E-state index contributed by atoms with van der Waals surface area (Å²) in [6, 6.07) is 12.5. The lowest BCUT2D eigenvalue weighted by atomic mass is 10.1. The van der Waals surface area contributed by atoms with Crippen molar-refractivity contribution in [2.45, 2.75) is 25.9 Å². The summed E-state index contributed by atoms with van der Waals surface area (Å²) in [5.74, 6) is -1.28. The van der Waals surface area contributed by atoms with E-state index in [2.05, 4.69) is 5.32 Å². The Bertz CT molecular complexity index is 813. The second kappa shape index (κ2) is 6.69. The van der Waals surface area contributed by atoms with Crippen LogP contribution in [0.3, 0.4) is 0 Å². The van der Waals surface area contributed by atoms with Crippen molar-refractivity contribution >= 4 is 29.3 Å². The highest BCUT2D eigenvalue weighted by Gasteiger charge is 2.40. The molecule has 1 aliphatic rings. The number of hydrogen-bond acceptors (Lipinski definition) is 3. The molecule has 2 aromatic carbocycles. The van der Waals surface area contributed by atoms with Crippen molar-refractivity contribution in [3.8, 4) is 0 Å². The second-order valence-electron chi connectivity index (χ2n) is 5.98. The summed E-state index contributed by atoms with van der Waals surface area (Å²) >= 11 is 5.87. The van der Waals surface area contributed by atoms with Gasteiger partial charge in [-0.2, -0.15) is 0 Å². The van der Waals surface area contributed by atoms with E-state index in [9.17, 15) is 14.4 Å². The smallest absolute Gasteiger partial charge is 0.262 e. The van der Waals surface area contributed by atoms with E-state index in [0.29, 0.717) is 16.1 Å². The molecule has 3 amide bonds. The highest BCUT2D eigenvalue weighted by Crippen LogP contribution is 2.25. The van der Waals surface area contributed by atoms with Crippen LogP contribution in [0.25, 0.3) is 0 Å². The highest BCUT2D eigenvalue weighted by molar-refractivity contribution is 6.30. The average Bonchev–Trinajstić information content (AvgIpc) is 2.86. The number of hydrogen-bond donors (Lipinski definition) is 1. The normalized spacial score (nSPS) is 15.7. The van der Waals surface area contributed by atoms with Crippen LogP contribution in [0.2, 0.25) is 5.02 Å². The summed E-state index contributed by atoms with van der Waals surface area (Å²) in [6.07, 6.45) is 0. The van der Waals surface area contributed by atoms with Crippen molar-refractivity contribution in [2.24, 2.45) is 0 Å². The molecule has 1 aliphatic heterocycles. The van der Waals surface area contributed by atoms with Crippen molar-refractivity contribution in [1.29, 1.82) is 0 Å². The Balaban J connectivity index is 1.74. The van der Waals surface area contributed by atoms with Gasteiger partial charge in [-0.25, -0.2) is 0 Å². The number of imide groups is 1. The van der Waals surface area contributed by atoms with Crippen LogP contribution < -0.4 is 5.32 Å². The molecular formula is C19H17ClN2O3. The number of nitrogens with one attached hydrogen (secondary N) is 1. The summed E-state index contributed by atoms with van der Waals surface area (Å²) < 4.78 is 0. The summed E-state index contributed by atoms with van der Waals surface area (Å²) in [5, 5.41) is 3.44. The molecule has 1 N–H and O–H groups in total. The van der Waals surface area contributed by atoms with E-state index in [0.717, 1.165) is 10.5 Å². The molecule has 5 nitrogen and oxygen atoms in total. The first-order valence-electron chi connectivity index (χ1n) is 7.93. The zero-order chi connectivity index (χ0) is 18.1. The first-order valence-corrected chi connectivity index (χ1v) is 8.30. The van der Waals surface area contributed by atoms with E-state index in [4.69, 9.17) is 11.6 Å². The highest BCUT2D eigenvalue weighted by atomic mass is 35.5. The Hall–Kier alpha value is -2.66. The first-order chi connectivity index (χ1) is 11.9. The van der Waals surface area contributed by atoms with Crippen LogP contribution in [0.1, 0.15) is 46.2 Å². The molecule has 0 unspecified atom stereocenters. The molecule has 0 spiro atoms. The summed E-state index contributed by atoms with van der Waals surface area (Å²) in [6.45, 7) is 3.38. The van der Waals surface area contributed by atoms with E-state index in [1.807, 2.05) is 19.1 Å². The Morgan fingerprint density at radius 1 is 0.960 bits per heavy atom. The fourth-order valence-corrected chi connectivity index (χ4v) is 2.97. The van der Waals surface area contributed by atoms with Crippen molar-refractivity contribution in [3.63, 3.8) is 0 Å². The topological polar surface area (TPSA) is 66.5 Å². The van der Waals surface area contributed by atoms with E-state index < -0.39 is 23.8 Å². The summed E-state index contributed by atoms with van der Waals surface area (Å²) in [5.41, 5.74) is 1.54. The van der Waals surface area contributed by atoms with Gasteiger partial charge in [0.1, 0.15) is 6.04 Å². The van der Waals surface area contributed by atoms with E-state index in [-0.39, 0.29) is 6.04 Å². The predicted molar refractivity (Wildman–Crippen MR) is 94.4 cm³/mol. The molecule has 0 aromatic heterocycles. The number of nitrogens with zero attached hydrogens (tertiary/aromatic N) is 1. The minimum Gasteiger partial charge on any atom is -0.348 e. The lowest BCUT2D eigenvalue weighted by Gasteiger charge is -2.24. The molecule has 0 saturated carbocycles. The zero-order valence-electron chi connectivity index (χ0n) is 13.8. The SMILES string of the molecule is C[C@H](NC(=O)[C@H](C)N1C(=O)c2ccccc2C1=O)c1ccc(Cl)cc1. The number of fused-ring (bicyclic) bond motifs is 1. The number of halogens is 1. The minimum absolute atomic E-state index is 0.276. The van der Waals surface area contributed by atoms with E-state index in [1.54, 1.807) is 43.3 Å². The third kappa shape index (κ3) is 3.15. The average molecular weight is 357 g/mol. The van der Waals surface area contributed by atoms with Crippen LogP contribution >= 0.6 is 11.6 Å². The van der Waals surface area contributed by atoms with Crippen LogP contribution in [0, 0.1) is 0 Å². The minimum atomic E-state index is -0.901. The number of carbonyl (C=O) groups is 3. The quantitative estimate of drug-likeness (QED) is 0.855. The van der Waals surface area contributed by atoms with Gasteiger partial charge in [0.05, 0.1) is 17.2 Å². The molecule has 0 fully saturated rings. The van der Waals surface area contributed by atoms with Crippen molar-refractivity contribution in [3.05, 3.63) is 70.2 Å². The number of benzene rings is 2. The van der Waals surface area contributed by atoms with Gasteiger partial charge in [0, 0.05) is 5.02 Å². The maximum absolute atomic E-state index is 12.5. The van der Waals surface area contributed by atoms with Gasteiger partial charge >= 0.3 is 0 Å². The molecule has 2 atom stereocenters. The molecule has 2 aromatic rings. The van der Waals surface area contributed by atoms with Crippen LogP contribution in [-0.4, -0.2) is 28.7 Å². The largest absolute Gasteiger partial charge is 0.348 e. The lowest BCUT2D eigenvalue weighted by molar-refractivity contribution is -0.125. The maximum atomic E-state index is 12.5. The Kier molecular flexibility index (Phi) is 4.59. The molecule has 3 rings (SSSR count). The van der Waals surface area contributed by atoms with Gasteiger partial charge in [-0.1, -0.05) is 35.9 Å². The van der Waals surface area contributed by atoms with Gasteiger partial charge in [-0.3, -0.25) is 19.3 Å². The summed E-state index contributed by atoms with van der Waals surface area (Å²) in [7, 11) is 0. The van der Waals surface area contributed by atoms with Crippen LogP contribution in [0.4, 0.5) is 0 Å². The van der Waals surface area contributed by atoms with Gasteiger partial charge in [0.25, 0.3) is 11.8 Å². The van der Waals surface area contributed by atoms with E-state index >= 15 is 0 Å². The van der Waals surface area contributed by atoms with Crippen LogP contribution in [0.5, 0.6) is 0 Å². The van der Waals surface area contributed by atoms with Gasteiger partial charge in [-0.05, 0) is 43.7 Å². The van der Waals surface area contributed by atoms with Gasteiger partial charge in [0.15, 0.2) is 0 Å². The number of amides is 3. The van der Waals surface area contributed by atoms with Crippen LogP contribution in [0.15, 0.2) is 48.5 Å². The van der Waals surface area contributed by atoms with Crippen molar-refractivity contribution in [2.75, 3.05) is 0 Å². The molecule has 0 radical (unpaired) electrons. The Morgan fingerprint density at radius 2 is 1.48 bits per heavy atom. The standard InChI is InChI=1S/C19H17ClN2O3/c1-11(13-7-9-14(20)10-8-13)21-17(23)12(2)22-18(24)15-5-3-4-6-16(15)19(22)25/h3-12H,1-2H3,(H,21,23)/t11-,12-/m0/s1. The third-order valence-corrected chi connectivity index (χ3v) is 4.57. The van der Waals surface area contributed by atoms with Gasteiger partial charge in [0.2, 0.25) is 5.91 Å². The Morgan fingerprint density at radius 3 is 2.00 bits per heavy atom. The van der Waals surface area contributed by atoms with Crippen molar-refractivity contribution < 1.29 is 14.4 Å². The van der Waals surface area contributed by atoms with Gasteiger partial charge < -0.3 is 5.32 Å². The first kappa shape index (κ1) is 17.2. The Labute approximate surface area is 150 Å². The molecule has 25 heavy (non-hydrogen) atoms. The molecule has 0 bridgehead atoms. The van der Waals surface area contributed by atoms with Gasteiger partial charge in [-0.15, -0.1) is 0 Å². The molecule has 1 heterocycles. The predicted octanol–water partition coefficient (Wildman–Crippen LogP) is 3.20. The molecule has 6 heteroatoms. The fraction of sp³-hybridized carbons (Fsp3) is 0.211. The molecule has 0 saturated heterocycles. The van der Waals surface area contributed by atoms with E-state index in [1.165, 1.54) is 0 Å². The maximum Gasteiger partial charge on any atom is 0.262 e. The number of rotatable bonds is 4. The third-order valence-electron chi connectivity index (χ3n) is 4.32. The molecule has 128 valence electrons. The van der Waals surface area contributed by atoms with Crippen molar-refractivity contribution in [1.82, 2.24) is 10.2 Å². The molecular weight excluding hydrogens is 340 g/mol. The summed E-state index contributed by atoms with van der Waals surface area (Å²) in [4.78, 5) is 38.5. The molecule has 0 aliphatic carbocycles. The lowest BCUT2D eigenvalue weighted by Crippen LogP contribution is -2.48. The van der Waals surface area contributed by atoms with Crippen LogP contribution in [-0.2, 0) is 4.79 Å².